The molecule has 2 rings (SSSR count). The van der Waals surface area contributed by atoms with Gasteiger partial charge in [0.15, 0.2) is 0 Å². The lowest BCUT2D eigenvalue weighted by atomic mass is 10.1. The van der Waals surface area contributed by atoms with E-state index in [4.69, 9.17) is 0 Å². The molecule has 4 nitrogen and oxygen atoms in total. The highest BCUT2D eigenvalue weighted by Crippen LogP contribution is 2.16. The molecule has 2 fully saturated rings. The van der Waals surface area contributed by atoms with Crippen LogP contribution >= 0.6 is 0 Å². The minimum atomic E-state index is 0.639. The molecule has 0 aromatic carbocycles. The molecule has 0 spiro atoms. The summed E-state index contributed by atoms with van der Waals surface area (Å²) < 4.78 is 0. The SMILES string of the molecule is CN1CCC(CCNCC2CN(C)CCN2)C1. The van der Waals surface area contributed by atoms with E-state index in [1.54, 1.807) is 0 Å². The van der Waals surface area contributed by atoms with Gasteiger partial charge < -0.3 is 20.4 Å². The lowest BCUT2D eigenvalue weighted by Crippen LogP contribution is -2.53. The van der Waals surface area contributed by atoms with Crippen LogP contribution in [0.1, 0.15) is 12.8 Å². The standard InChI is InChI=1S/C13H28N4/c1-16-7-4-12(10-16)3-5-14-9-13-11-17(2)8-6-15-13/h12-15H,3-11H2,1-2H3. The number of likely N-dealkylation sites (tertiary alicyclic amines) is 1. The summed E-state index contributed by atoms with van der Waals surface area (Å²) in [7, 11) is 4.44. The zero-order valence-corrected chi connectivity index (χ0v) is 11.4. The number of piperazine rings is 1. The molecule has 2 N–H and O–H groups in total. The molecule has 2 unspecified atom stereocenters. The van der Waals surface area contributed by atoms with Crippen LogP contribution in [0.3, 0.4) is 0 Å². The minimum absolute atomic E-state index is 0.639. The second-order valence-electron chi connectivity index (χ2n) is 5.82. The Labute approximate surface area is 106 Å². The summed E-state index contributed by atoms with van der Waals surface area (Å²) >= 11 is 0. The van der Waals surface area contributed by atoms with E-state index in [0.717, 1.165) is 19.0 Å². The normalized spacial score (nSPS) is 32.1. The Balaban J connectivity index is 1.51. The fourth-order valence-electron chi connectivity index (χ4n) is 2.97. The third kappa shape index (κ3) is 4.54. The van der Waals surface area contributed by atoms with Crippen molar-refractivity contribution in [3.05, 3.63) is 0 Å². The van der Waals surface area contributed by atoms with Crippen LogP contribution in [-0.2, 0) is 0 Å². The van der Waals surface area contributed by atoms with Gasteiger partial charge in [-0.15, -0.1) is 0 Å². The van der Waals surface area contributed by atoms with E-state index < -0.39 is 0 Å². The monoisotopic (exact) mass is 240 g/mol. The maximum Gasteiger partial charge on any atom is 0.0320 e. The number of nitrogens with zero attached hydrogens (tertiary/aromatic N) is 2. The average Bonchev–Trinajstić information content (AvgIpc) is 2.71. The van der Waals surface area contributed by atoms with E-state index in [2.05, 4.69) is 34.5 Å². The van der Waals surface area contributed by atoms with Gasteiger partial charge in [-0.1, -0.05) is 0 Å². The molecule has 0 aromatic rings. The van der Waals surface area contributed by atoms with Gasteiger partial charge in [0, 0.05) is 38.8 Å². The van der Waals surface area contributed by atoms with Crippen LogP contribution in [0.5, 0.6) is 0 Å². The quantitative estimate of drug-likeness (QED) is 0.653. The maximum atomic E-state index is 3.61. The van der Waals surface area contributed by atoms with Gasteiger partial charge in [-0.2, -0.15) is 0 Å². The molecule has 0 aromatic heterocycles. The lowest BCUT2D eigenvalue weighted by Gasteiger charge is -2.31. The fourth-order valence-corrected chi connectivity index (χ4v) is 2.97. The summed E-state index contributed by atoms with van der Waals surface area (Å²) in [5.74, 6) is 0.925. The van der Waals surface area contributed by atoms with Gasteiger partial charge in [0.25, 0.3) is 0 Å². The summed E-state index contributed by atoms with van der Waals surface area (Å²) in [5, 5.41) is 7.18. The Kier molecular flexibility index (Phi) is 5.22. The summed E-state index contributed by atoms with van der Waals surface area (Å²) in [5.41, 5.74) is 0. The molecule has 0 saturated carbocycles. The summed E-state index contributed by atoms with van der Waals surface area (Å²) in [4.78, 5) is 4.86. The minimum Gasteiger partial charge on any atom is -0.315 e. The van der Waals surface area contributed by atoms with Crippen LogP contribution in [0.4, 0.5) is 0 Å². The van der Waals surface area contributed by atoms with Gasteiger partial charge in [-0.05, 0) is 45.9 Å². The molecule has 0 bridgehead atoms. The van der Waals surface area contributed by atoms with Gasteiger partial charge in [-0.25, -0.2) is 0 Å². The largest absolute Gasteiger partial charge is 0.315 e. The lowest BCUT2D eigenvalue weighted by molar-refractivity contribution is 0.234. The first-order valence-corrected chi connectivity index (χ1v) is 7.05. The molecular weight excluding hydrogens is 212 g/mol. The Bertz CT molecular complexity index is 221. The van der Waals surface area contributed by atoms with Crippen LogP contribution in [0.2, 0.25) is 0 Å². The smallest absolute Gasteiger partial charge is 0.0320 e. The van der Waals surface area contributed by atoms with Crippen molar-refractivity contribution in [2.45, 2.75) is 18.9 Å². The highest BCUT2D eigenvalue weighted by atomic mass is 15.2. The Morgan fingerprint density at radius 1 is 1.18 bits per heavy atom. The van der Waals surface area contributed by atoms with Crippen LogP contribution in [0.25, 0.3) is 0 Å². The zero-order valence-electron chi connectivity index (χ0n) is 11.4. The number of rotatable bonds is 5. The van der Waals surface area contributed by atoms with E-state index in [0.29, 0.717) is 6.04 Å². The number of nitrogens with one attached hydrogen (secondary N) is 2. The van der Waals surface area contributed by atoms with Crippen molar-refractivity contribution < 1.29 is 0 Å². The van der Waals surface area contributed by atoms with Gasteiger partial charge in [-0.3, -0.25) is 0 Å². The second kappa shape index (κ2) is 6.69. The summed E-state index contributed by atoms with van der Waals surface area (Å²) in [6.45, 7) is 8.39. The highest BCUT2D eigenvalue weighted by Gasteiger charge is 2.19. The molecule has 2 saturated heterocycles. The van der Waals surface area contributed by atoms with E-state index >= 15 is 0 Å². The first-order valence-electron chi connectivity index (χ1n) is 7.05. The van der Waals surface area contributed by atoms with Crippen LogP contribution < -0.4 is 10.6 Å². The van der Waals surface area contributed by atoms with Crippen molar-refractivity contribution >= 4 is 0 Å². The fraction of sp³-hybridized carbons (Fsp3) is 1.00. The molecule has 0 aliphatic carbocycles. The van der Waals surface area contributed by atoms with Crippen molar-refractivity contribution in [1.82, 2.24) is 20.4 Å². The van der Waals surface area contributed by atoms with Gasteiger partial charge in [0.05, 0.1) is 0 Å². The predicted octanol–water partition coefficient (Wildman–Crippen LogP) is -0.179. The number of hydrogen-bond acceptors (Lipinski definition) is 4. The first kappa shape index (κ1) is 13.3. The van der Waals surface area contributed by atoms with Crippen molar-refractivity contribution in [1.29, 1.82) is 0 Å². The third-order valence-electron chi connectivity index (χ3n) is 4.07. The topological polar surface area (TPSA) is 30.5 Å². The molecule has 0 radical (unpaired) electrons. The highest BCUT2D eigenvalue weighted by molar-refractivity contribution is 4.79. The molecule has 2 heterocycles. The zero-order chi connectivity index (χ0) is 12.1. The predicted molar refractivity (Wildman–Crippen MR) is 72.4 cm³/mol. The number of hydrogen-bond donors (Lipinski definition) is 2. The number of likely N-dealkylation sites (N-methyl/N-ethyl adjacent to an activating group) is 1. The van der Waals surface area contributed by atoms with Crippen molar-refractivity contribution in [3.63, 3.8) is 0 Å². The van der Waals surface area contributed by atoms with Crippen molar-refractivity contribution in [2.75, 3.05) is 59.9 Å². The van der Waals surface area contributed by atoms with Crippen molar-refractivity contribution in [2.24, 2.45) is 5.92 Å². The van der Waals surface area contributed by atoms with Gasteiger partial charge in [0.2, 0.25) is 0 Å². The molecular formula is C13H28N4. The van der Waals surface area contributed by atoms with Crippen LogP contribution in [-0.4, -0.2) is 75.8 Å². The van der Waals surface area contributed by atoms with Crippen molar-refractivity contribution in [3.8, 4) is 0 Å². The second-order valence-corrected chi connectivity index (χ2v) is 5.82. The Morgan fingerprint density at radius 3 is 2.71 bits per heavy atom. The van der Waals surface area contributed by atoms with Gasteiger partial charge in [0.1, 0.15) is 0 Å². The van der Waals surface area contributed by atoms with Gasteiger partial charge >= 0.3 is 0 Å². The van der Waals surface area contributed by atoms with Crippen LogP contribution in [0, 0.1) is 5.92 Å². The molecule has 2 atom stereocenters. The van der Waals surface area contributed by atoms with E-state index in [1.807, 2.05) is 0 Å². The third-order valence-corrected chi connectivity index (χ3v) is 4.07. The van der Waals surface area contributed by atoms with E-state index in [-0.39, 0.29) is 0 Å². The maximum absolute atomic E-state index is 3.61. The van der Waals surface area contributed by atoms with Crippen LogP contribution in [0.15, 0.2) is 0 Å². The summed E-state index contributed by atoms with van der Waals surface area (Å²) in [6, 6.07) is 0.639. The molecule has 0 amide bonds. The average molecular weight is 240 g/mol. The molecule has 100 valence electrons. The first-order chi connectivity index (χ1) is 8.24. The molecule has 2 aliphatic rings. The van der Waals surface area contributed by atoms with E-state index in [9.17, 15) is 0 Å². The summed E-state index contributed by atoms with van der Waals surface area (Å²) in [6.07, 6.45) is 2.73. The van der Waals surface area contributed by atoms with E-state index in [1.165, 1.54) is 45.6 Å². The Morgan fingerprint density at radius 2 is 2.00 bits per heavy atom. The molecule has 17 heavy (non-hydrogen) atoms. The molecule has 4 heteroatoms. The molecule has 2 aliphatic heterocycles. The Hall–Kier alpha value is -0.160.